The van der Waals surface area contributed by atoms with Crippen LogP contribution in [0.25, 0.3) is 0 Å². The maximum absolute atomic E-state index is 13.7. The van der Waals surface area contributed by atoms with Crippen LogP contribution in [0.5, 0.6) is 23.0 Å². The largest absolute Gasteiger partial charge is 0.457 e. The Morgan fingerprint density at radius 2 is 1.06 bits per heavy atom. The van der Waals surface area contributed by atoms with Gasteiger partial charge in [0.05, 0.1) is 27.9 Å². The van der Waals surface area contributed by atoms with E-state index >= 15 is 0 Å². The standard InChI is InChI=1S/C41H42N2O6/c1-7-21-41(6,10-4)43-38(46)33-20-18-31(25-35(33)39(43)47)49-30-17-19-32-34(24-30)37(45)42(36(32)44)27-14-12-16-29(23-27)48-28-15-11-13-26(22-28)40(5,8-2)9-3/h11-20,22-25H,7-10,21H2,1-6H3. The van der Waals surface area contributed by atoms with Crippen LogP contribution in [0, 0.1) is 0 Å². The molecule has 0 fully saturated rings. The molecule has 0 bridgehead atoms. The van der Waals surface area contributed by atoms with Crippen LogP contribution in [0.3, 0.4) is 0 Å². The van der Waals surface area contributed by atoms with Crippen molar-refractivity contribution in [2.75, 3.05) is 4.90 Å². The lowest BCUT2D eigenvalue weighted by atomic mass is 9.78. The number of amides is 4. The average molecular weight is 659 g/mol. The van der Waals surface area contributed by atoms with Crippen molar-refractivity contribution in [1.82, 2.24) is 4.90 Å². The third-order valence-electron chi connectivity index (χ3n) is 10.4. The van der Waals surface area contributed by atoms with Gasteiger partial charge in [0, 0.05) is 11.6 Å². The summed E-state index contributed by atoms with van der Waals surface area (Å²) in [5.41, 5.74) is 2.14. The van der Waals surface area contributed by atoms with E-state index in [4.69, 9.17) is 9.47 Å². The highest BCUT2D eigenvalue weighted by Gasteiger charge is 2.45. The highest BCUT2D eigenvalue weighted by Crippen LogP contribution is 2.39. The Bertz CT molecular complexity index is 1980. The molecule has 2 aliphatic rings. The topological polar surface area (TPSA) is 93.2 Å². The maximum Gasteiger partial charge on any atom is 0.266 e. The summed E-state index contributed by atoms with van der Waals surface area (Å²) in [4.78, 5) is 56.4. The predicted octanol–water partition coefficient (Wildman–Crippen LogP) is 9.71. The van der Waals surface area contributed by atoms with E-state index in [1.807, 2.05) is 39.0 Å². The molecule has 4 aromatic carbocycles. The zero-order valence-corrected chi connectivity index (χ0v) is 29.0. The van der Waals surface area contributed by atoms with Crippen LogP contribution in [0.1, 0.15) is 121 Å². The van der Waals surface area contributed by atoms with E-state index in [1.54, 1.807) is 54.6 Å². The van der Waals surface area contributed by atoms with E-state index in [2.05, 4.69) is 26.8 Å². The molecule has 0 radical (unpaired) electrons. The Balaban J connectivity index is 1.21. The van der Waals surface area contributed by atoms with E-state index in [0.29, 0.717) is 47.1 Å². The highest BCUT2D eigenvalue weighted by molar-refractivity contribution is 6.34. The second-order valence-corrected chi connectivity index (χ2v) is 13.4. The minimum Gasteiger partial charge on any atom is -0.457 e. The zero-order valence-electron chi connectivity index (χ0n) is 29.0. The number of carbonyl (C=O) groups excluding carboxylic acids is 4. The van der Waals surface area contributed by atoms with Gasteiger partial charge in [-0.05, 0) is 104 Å². The Kier molecular flexibility index (Phi) is 8.92. The van der Waals surface area contributed by atoms with Crippen molar-refractivity contribution >= 4 is 29.3 Å². The van der Waals surface area contributed by atoms with Crippen molar-refractivity contribution in [3.63, 3.8) is 0 Å². The normalized spacial score (nSPS) is 15.4. The molecule has 49 heavy (non-hydrogen) atoms. The fraction of sp³-hybridized carbons (Fsp3) is 0.317. The fourth-order valence-electron chi connectivity index (χ4n) is 6.83. The van der Waals surface area contributed by atoms with Gasteiger partial charge < -0.3 is 9.47 Å². The van der Waals surface area contributed by atoms with Gasteiger partial charge in [-0.25, -0.2) is 4.90 Å². The van der Waals surface area contributed by atoms with Crippen molar-refractivity contribution in [2.24, 2.45) is 0 Å². The fourth-order valence-corrected chi connectivity index (χ4v) is 6.83. The first-order valence-electron chi connectivity index (χ1n) is 17.1. The Morgan fingerprint density at radius 3 is 1.65 bits per heavy atom. The minimum absolute atomic E-state index is 0.0349. The van der Waals surface area contributed by atoms with Crippen molar-refractivity contribution in [3.05, 3.63) is 113 Å². The summed E-state index contributed by atoms with van der Waals surface area (Å²) in [5, 5.41) is 0. The van der Waals surface area contributed by atoms with Gasteiger partial charge in [0.1, 0.15) is 23.0 Å². The van der Waals surface area contributed by atoms with Crippen LogP contribution in [-0.4, -0.2) is 34.1 Å². The summed E-state index contributed by atoms with van der Waals surface area (Å²) >= 11 is 0. The Labute approximate surface area is 287 Å². The molecule has 4 amide bonds. The number of hydrogen-bond acceptors (Lipinski definition) is 6. The third kappa shape index (κ3) is 5.90. The van der Waals surface area contributed by atoms with Gasteiger partial charge in [-0.3, -0.25) is 24.1 Å². The Hall–Kier alpha value is -5.24. The van der Waals surface area contributed by atoms with Gasteiger partial charge in [0.25, 0.3) is 23.6 Å². The highest BCUT2D eigenvalue weighted by atomic mass is 16.5. The van der Waals surface area contributed by atoms with Gasteiger partial charge in [-0.2, -0.15) is 0 Å². The number of nitrogens with zero attached hydrogens (tertiary/aromatic N) is 2. The molecular formula is C41H42N2O6. The zero-order chi connectivity index (χ0) is 35.1. The molecular weight excluding hydrogens is 616 g/mol. The van der Waals surface area contributed by atoms with Crippen molar-refractivity contribution in [1.29, 1.82) is 0 Å². The molecule has 252 valence electrons. The van der Waals surface area contributed by atoms with Gasteiger partial charge in [-0.1, -0.05) is 59.2 Å². The first-order valence-corrected chi connectivity index (χ1v) is 17.1. The van der Waals surface area contributed by atoms with Crippen molar-refractivity contribution in [3.8, 4) is 23.0 Å². The van der Waals surface area contributed by atoms with Crippen LogP contribution in [0.4, 0.5) is 5.69 Å². The monoisotopic (exact) mass is 658 g/mol. The lowest BCUT2D eigenvalue weighted by Gasteiger charge is -2.36. The van der Waals surface area contributed by atoms with E-state index in [9.17, 15) is 19.2 Å². The smallest absolute Gasteiger partial charge is 0.266 e. The van der Waals surface area contributed by atoms with E-state index in [1.165, 1.54) is 16.5 Å². The van der Waals surface area contributed by atoms with Gasteiger partial charge >= 0.3 is 0 Å². The summed E-state index contributed by atoms with van der Waals surface area (Å²) in [7, 11) is 0. The van der Waals surface area contributed by atoms with E-state index in [-0.39, 0.29) is 33.9 Å². The average Bonchev–Trinajstić information content (AvgIpc) is 3.51. The molecule has 0 N–H and O–H groups in total. The molecule has 2 aliphatic heterocycles. The maximum atomic E-state index is 13.7. The lowest BCUT2D eigenvalue weighted by Crippen LogP contribution is -2.49. The van der Waals surface area contributed by atoms with E-state index < -0.39 is 17.4 Å². The molecule has 2 heterocycles. The SMILES string of the molecule is CCCC(C)(CC)N1C(=O)c2ccc(Oc3ccc4c(c3)C(=O)N(c3cccc(Oc5cccc(C(C)(CC)CC)c5)c3)C4=O)cc2C1=O. The second kappa shape index (κ2) is 13.0. The number of rotatable bonds is 12. The molecule has 0 spiro atoms. The summed E-state index contributed by atoms with van der Waals surface area (Å²) in [6.07, 6.45) is 4.20. The Morgan fingerprint density at radius 1 is 0.551 bits per heavy atom. The summed E-state index contributed by atoms with van der Waals surface area (Å²) < 4.78 is 12.3. The molecule has 8 nitrogen and oxygen atoms in total. The van der Waals surface area contributed by atoms with Crippen LogP contribution in [0.2, 0.25) is 0 Å². The molecule has 6 rings (SSSR count). The van der Waals surface area contributed by atoms with Crippen molar-refractivity contribution in [2.45, 2.75) is 84.6 Å². The first kappa shape index (κ1) is 33.7. The van der Waals surface area contributed by atoms with Gasteiger partial charge in [0.15, 0.2) is 0 Å². The van der Waals surface area contributed by atoms with Crippen LogP contribution < -0.4 is 14.4 Å². The quantitative estimate of drug-likeness (QED) is 0.141. The van der Waals surface area contributed by atoms with Crippen LogP contribution in [0.15, 0.2) is 84.9 Å². The lowest BCUT2D eigenvalue weighted by molar-refractivity contribution is 0.0424. The number of hydrogen-bond donors (Lipinski definition) is 0. The molecule has 8 heteroatoms. The van der Waals surface area contributed by atoms with Crippen molar-refractivity contribution < 1.29 is 28.7 Å². The summed E-state index contributed by atoms with van der Waals surface area (Å²) in [6, 6.07) is 24.5. The number of ether oxygens (including phenoxy) is 2. The molecule has 0 saturated carbocycles. The molecule has 1 atom stereocenters. The number of carbonyl (C=O) groups is 4. The third-order valence-corrected chi connectivity index (χ3v) is 10.4. The molecule has 1 unspecified atom stereocenters. The van der Waals surface area contributed by atoms with Gasteiger partial charge in [0.2, 0.25) is 0 Å². The number of benzene rings is 4. The number of imide groups is 2. The minimum atomic E-state index is -0.580. The van der Waals surface area contributed by atoms with E-state index in [0.717, 1.165) is 24.2 Å². The van der Waals surface area contributed by atoms with Gasteiger partial charge in [-0.15, -0.1) is 0 Å². The van der Waals surface area contributed by atoms with Crippen LogP contribution in [-0.2, 0) is 5.41 Å². The molecule has 4 aromatic rings. The number of fused-ring (bicyclic) bond motifs is 2. The molecule has 0 aromatic heterocycles. The second-order valence-electron chi connectivity index (χ2n) is 13.4. The predicted molar refractivity (Wildman–Crippen MR) is 189 cm³/mol. The first-order chi connectivity index (χ1) is 23.5. The summed E-state index contributed by atoms with van der Waals surface area (Å²) in [5.74, 6) is 0.281. The molecule has 0 aliphatic carbocycles. The summed E-state index contributed by atoms with van der Waals surface area (Å²) in [6.45, 7) is 12.6. The number of anilines is 1. The van der Waals surface area contributed by atoms with Crippen LogP contribution >= 0.6 is 0 Å². The molecule has 0 saturated heterocycles.